The van der Waals surface area contributed by atoms with E-state index in [9.17, 15) is 5.11 Å². The molecule has 1 heterocycles. The number of nitrogens with one attached hydrogen (secondary N) is 2. The quantitative estimate of drug-likeness (QED) is 0.661. The van der Waals surface area contributed by atoms with E-state index >= 15 is 0 Å². The lowest BCUT2D eigenvalue weighted by molar-refractivity contribution is 0.218. The molecule has 0 unspecified atom stereocenters. The predicted molar refractivity (Wildman–Crippen MR) is 77.0 cm³/mol. The molecule has 1 fully saturated rings. The molecule has 3 N–H and O–H groups in total. The third-order valence-corrected chi connectivity index (χ3v) is 3.20. The lowest BCUT2D eigenvalue weighted by atomic mass is 10.1. The van der Waals surface area contributed by atoms with Crippen LogP contribution < -0.4 is 15.4 Å². The van der Waals surface area contributed by atoms with Crippen LogP contribution in [-0.2, 0) is 0 Å². The van der Waals surface area contributed by atoms with Crippen molar-refractivity contribution in [3.8, 4) is 6.01 Å². The first-order valence-corrected chi connectivity index (χ1v) is 7.08. The fourth-order valence-corrected chi connectivity index (χ4v) is 1.77. The van der Waals surface area contributed by atoms with E-state index in [2.05, 4.69) is 25.6 Å². The summed E-state index contributed by atoms with van der Waals surface area (Å²) in [7, 11) is 0. The minimum Gasteiger partial charge on any atom is -0.461 e. The van der Waals surface area contributed by atoms with E-state index in [-0.39, 0.29) is 18.1 Å². The van der Waals surface area contributed by atoms with E-state index in [1.807, 2.05) is 20.8 Å². The molecule has 0 saturated heterocycles. The maximum atomic E-state index is 9.32. The standard InChI is InChI=1S/C13H23N5O2/c1-4-14-10-16-11(15-7-13(8-19)5-6-13)18-12(17-10)20-9(2)3/h9,19H,4-8H2,1-3H3,(H2,14,15,16,17,18). The van der Waals surface area contributed by atoms with Crippen LogP contribution in [0.2, 0.25) is 0 Å². The van der Waals surface area contributed by atoms with Gasteiger partial charge in [-0.05, 0) is 33.6 Å². The molecule has 0 bridgehead atoms. The molecule has 1 aliphatic carbocycles. The van der Waals surface area contributed by atoms with Gasteiger partial charge in [0.05, 0.1) is 12.7 Å². The largest absolute Gasteiger partial charge is 0.461 e. The second-order valence-corrected chi connectivity index (χ2v) is 5.47. The summed E-state index contributed by atoms with van der Waals surface area (Å²) in [5, 5.41) is 15.5. The first-order chi connectivity index (χ1) is 9.57. The van der Waals surface area contributed by atoms with Crippen LogP contribution in [0.25, 0.3) is 0 Å². The zero-order valence-corrected chi connectivity index (χ0v) is 12.3. The Morgan fingerprint density at radius 3 is 2.35 bits per heavy atom. The van der Waals surface area contributed by atoms with E-state index in [0.29, 0.717) is 24.5 Å². The van der Waals surface area contributed by atoms with Crippen LogP contribution in [-0.4, -0.2) is 45.9 Å². The second kappa shape index (κ2) is 6.21. The number of ether oxygens (including phenoxy) is 1. The highest BCUT2D eigenvalue weighted by atomic mass is 16.5. The van der Waals surface area contributed by atoms with Crippen molar-refractivity contribution in [3.05, 3.63) is 0 Å². The Labute approximate surface area is 119 Å². The molecule has 0 amide bonds. The van der Waals surface area contributed by atoms with Crippen molar-refractivity contribution in [1.29, 1.82) is 0 Å². The molecule has 0 aromatic carbocycles. The van der Waals surface area contributed by atoms with E-state index in [0.717, 1.165) is 19.4 Å². The monoisotopic (exact) mass is 281 g/mol. The number of rotatable bonds is 8. The maximum absolute atomic E-state index is 9.32. The van der Waals surface area contributed by atoms with Crippen LogP contribution in [0.3, 0.4) is 0 Å². The Kier molecular flexibility index (Phi) is 4.59. The van der Waals surface area contributed by atoms with Crippen molar-refractivity contribution in [1.82, 2.24) is 15.0 Å². The van der Waals surface area contributed by atoms with Crippen LogP contribution >= 0.6 is 0 Å². The molecule has 1 aromatic rings. The summed E-state index contributed by atoms with van der Waals surface area (Å²) in [5.74, 6) is 0.973. The highest BCUT2D eigenvalue weighted by Gasteiger charge is 2.41. The van der Waals surface area contributed by atoms with E-state index in [1.54, 1.807) is 0 Å². The summed E-state index contributed by atoms with van der Waals surface area (Å²) in [4.78, 5) is 12.7. The van der Waals surface area contributed by atoms with Crippen LogP contribution in [0.15, 0.2) is 0 Å². The van der Waals surface area contributed by atoms with Crippen molar-refractivity contribution in [2.75, 3.05) is 30.3 Å². The number of hydrogen-bond donors (Lipinski definition) is 3. The summed E-state index contributed by atoms with van der Waals surface area (Å²) in [6.45, 7) is 7.42. The molecule has 1 saturated carbocycles. The smallest absolute Gasteiger partial charge is 0.323 e. The summed E-state index contributed by atoms with van der Waals surface area (Å²) < 4.78 is 5.52. The average Bonchev–Trinajstić information content (AvgIpc) is 3.16. The van der Waals surface area contributed by atoms with Crippen molar-refractivity contribution < 1.29 is 9.84 Å². The number of aliphatic hydroxyl groups excluding tert-OH is 1. The van der Waals surface area contributed by atoms with Crippen molar-refractivity contribution in [2.24, 2.45) is 5.41 Å². The van der Waals surface area contributed by atoms with Gasteiger partial charge < -0.3 is 20.5 Å². The third-order valence-electron chi connectivity index (χ3n) is 3.20. The Bertz CT molecular complexity index is 448. The zero-order valence-electron chi connectivity index (χ0n) is 12.3. The molecule has 7 nitrogen and oxygen atoms in total. The first kappa shape index (κ1) is 14.8. The molecular weight excluding hydrogens is 258 g/mol. The van der Waals surface area contributed by atoms with Crippen molar-refractivity contribution in [2.45, 2.75) is 39.7 Å². The molecule has 0 radical (unpaired) electrons. The van der Waals surface area contributed by atoms with Crippen LogP contribution in [0, 0.1) is 5.41 Å². The minimum atomic E-state index is 0.00401. The van der Waals surface area contributed by atoms with E-state index in [1.165, 1.54) is 0 Å². The number of aliphatic hydroxyl groups is 1. The van der Waals surface area contributed by atoms with Gasteiger partial charge in [-0.2, -0.15) is 15.0 Å². The fraction of sp³-hybridized carbons (Fsp3) is 0.769. The lowest BCUT2D eigenvalue weighted by Gasteiger charge is -2.14. The van der Waals surface area contributed by atoms with Gasteiger partial charge in [0.15, 0.2) is 0 Å². The highest BCUT2D eigenvalue weighted by Crippen LogP contribution is 2.44. The molecule has 0 spiro atoms. The minimum absolute atomic E-state index is 0.00401. The van der Waals surface area contributed by atoms with Gasteiger partial charge in [-0.25, -0.2) is 0 Å². The van der Waals surface area contributed by atoms with Gasteiger partial charge in [0, 0.05) is 18.5 Å². The lowest BCUT2D eigenvalue weighted by Crippen LogP contribution is -2.21. The van der Waals surface area contributed by atoms with Gasteiger partial charge in [-0.15, -0.1) is 0 Å². The molecule has 0 aliphatic heterocycles. The normalized spacial score (nSPS) is 16.1. The Morgan fingerprint density at radius 1 is 1.20 bits per heavy atom. The SMILES string of the molecule is CCNc1nc(NCC2(CO)CC2)nc(OC(C)C)n1. The highest BCUT2D eigenvalue weighted by molar-refractivity contribution is 5.36. The summed E-state index contributed by atoms with van der Waals surface area (Å²) in [6.07, 6.45) is 2.08. The van der Waals surface area contributed by atoms with Gasteiger partial charge in [-0.3, -0.25) is 0 Å². The van der Waals surface area contributed by atoms with Crippen LogP contribution in [0.5, 0.6) is 6.01 Å². The molecule has 1 aliphatic rings. The van der Waals surface area contributed by atoms with Gasteiger partial charge in [0.2, 0.25) is 11.9 Å². The summed E-state index contributed by atoms with van der Waals surface area (Å²) in [5.41, 5.74) is 0.00401. The number of nitrogens with zero attached hydrogens (tertiary/aromatic N) is 3. The topological polar surface area (TPSA) is 92.2 Å². The summed E-state index contributed by atoms with van der Waals surface area (Å²) >= 11 is 0. The fourth-order valence-electron chi connectivity index (χ4n) is 1.77. The maximum Gasteiger partial charge on any atom is 0.323 e. The zero-order chi connectivity index (χ0) is 14.6. The van der Waals surface area contributed by atoms with Crippen LogP contribution in [0.1, 0.15) is 33.6 Å². The number of aromatic nitrogens is 3. The first-order valence-electron chi connectivity index (χ1n) is 7.08. The Balaban J connectivity index is 2.07. The van der Waals surface area contributed by atoms with E-state index in [4.69, 9.17) is 4.74 Å². The summed E-state index contributed by atoms with van der Waals surface area (Å²) in [6, 6.07) is 0.308. The Hall–Kier alpha value is -1.63. The molecule has 20 heavy (non-hydrogen) atoms. The Morgan fingerprint density at radius 2 is 1.85 bits per heavy atom. The molecule has 112 valence electrons. The molecule has 7 heteroatoms. The van der Waals surface area contributed by atoms with E-state index < -0.39 is 0 Å². The number of anilines is 2. The van der Waals surface area contributed by atoms with Gasteiger partial charge in [-0.1, -0.05) is 0 Å². The van der Waals surface area contributed by atoms with Gasteiger partial charge in [0.1, 0.15) is 0 Å². The number of hydrogen-bond acceptors (Lipinski definition) is 7. The molecule has 0 atom stereocenters. The van der Waals surface area contributed by atoms with Crippen molar-refractivity contribution in [3.63, 3.8) is 0 Å². The second-order valence-electron chi connectivity index (χ2n) is 5.47. The van der Waals surface area contributed by atoms with Gasteiger partial charge >= 0.3 is 6.01 Å². The average molecular weight is 281 g/mol. The van der Waals surface area contributed by atoms with Crippen LogP contribution in [0.4, 0.5) is 11.9 Å². The predicted octanol–water partition coefficient (Wildman–Crippen LogP) is 1.27. The van der Waals surface area contributed by atoms with Crippen molar-refractivity contribution >= 4 is 11.9 Å². The third kappa shape index (κ3) is 3.93. The van der Waals surface area contributed by atoms with Gasteiger partial charge in [0.25, 0.3) is 0 Å². The molecule has 1 aromatic heterocycles. The molecule has 2 rings (SSSR count). The molecular formula is C13H23N5O2.